The predicted molar refractivity (Wildman–Crippen MR) is 86.9 cm³/mol. The summed E-state index contributed by atoms with van der Waals surface area (Å²) in [5, 5.41) is 9.93. The monoisotopic (exact) mass is 367 g/mol. The minimum Gasteiger partial charge on any atom is -0.506 e. The van der Waals surface area contributed by atoms with Crippen molar-refractivity contribution >= 4 is 21.8 Å². The first-order valence-electron chi connectivity index (χ1n) is 7.27. The first-order valence-corrected chi connectivity index (χ1v) is 8.71. The fourth-order valence-corrected chi connectivity index (χ4v) is 3.60. The highest BCUT2D eigenvalue weighted by atomic mass is 32.2. The van der Waals surface area contributed by atoms with Crippen molar-refractivity contribution < 1.29 is 27.4 Å². The zero-order valence-corrected chi connectivity index (χ0v) is 13.9. The van der Waals surface area contributed by atoms with Gasteiger partial charge in [0.05, 0.1) is 6.61 Å². The Morgan fingerprint density at radius 1 is 1.36 bits per heavy atom. The maximum Gasteiger partial charge on any atom is 0.326 e. The Morgan fingerprint density at radius 3 is 2.68 bits per heavy atom. The van der Waals surface area contributed by atoms with E-state index in [9.17, 15) is 22.7 Å². The number of nitrogens with zero attached hydrogens (tertiary/aromatic N) is 2. The summed E-state index contributed by atoms with van der Waals surface area (Å²) in [7, 11) is -4.25. The van der Waals surface area contributed by atoms with Crippen molar-refractivity contribution in [2.75, 3.05) is 17.5 Å². The molecule has 1 aromatic carbocycles. The number of rotatable bonds is 4. The van der Waals surface area contributed by atoms with Crippen LogP contribution in [-0.4, -0.2) is 37.6 Å². The molecule has 2 N–H and O–H groups in total. The number of phenolic OH excluding ortho intramolecular Hbond substituents is 1. The number of carbonyl (C=O) groups excluding carboxylic acids is 1. The molecular formula is C15H14FN3O5S. The molecule has 0 unspecified atom stereocenters. The number of aromatic nitrogens is 1. The summed E-state index contributed by atoms with van der Waals surface area (Å²) < 4.78 is 46.2. The zero-order valence-electron chi connectivity index (χ0n) is 13.1. The first-order chi connectivity index (χ1) is 11.8. The number of ether oxygens (including phenoxy) is 1. The Hall–Kier alpha value is -2.88. The second-order valence-corrected chi connectivity index (χ2v) is 6.74. The highest BCUT2D eigenvalue weighted by molar-refractivity contribution is 7.92. The number of carbonyl (C=O) groups is 1. The second kappa shape index (κ2) is 6.20. The number of halogens is 1. The normalized spacial score (nSPS) is 15.9. The van der Waals surface area contributed by atoms with Crippen molar-refractivity contribution in [2.24, 2.45) is 0 Å². The molecule has 1 saturated heterocycles. The molecule has 1 amide bonds. The number of aromatic hydroxyl groups is 1. The third-order valence-electron chi connectivity index (χ3n) is 3.50. The lowest BCUT2D eigenvalue weighted by Crippen LogP contribution is -2.30. The molecule has 132 valence electrons. The van der Waals surface area contributed by atoms with Crippen LogP contribution in [0.5, 0.6) is 11.6 Å². The molecule has 10 heteroatoms. The summed E-state index contributed by atoms with van der Waals surface area (Å²) in [5.74, 6) is -2.03. The standard InChI is InChI=1S/C15H14FN3O5S/c1-2-24-13-6-3-9(7-17-13)10-4-5-11(20)15(14(10)16)19-8-12(21)18-25(19,22)23/h3-7,20H,2,8H2,1H3,(H,18,21). The summed E-state index contributed by atoms with van der Waals surface area (Å²) in [4.78, 5) is 15.4. The van der Waals surface area contributed by atoms with Gasteiger partial charge in [-0.1, -0.05) is 0 Å². The third-order valence-corrected chi connectivity index (χ3v) is 4.88. The molecule has 0 atom stereocenters. The molecule has 25 heavy (non-hydrogen) atoms. The van der Waals surface area contributed by atoms with Gasteiger partial charge in [-0.3, -0.25) is 4.79 Å². The molecule has 1 aliphatic rings. The second-order valence-electron chi connectivity index (χ2n) is 5.15. The molecule has 1 fully saturated rings. The van der Waals surface area contributed by atoms with E-state index in [2.05, 4.69) is 4.98 Å². The van der Waals surface area contributed by atoms with Crippen molar-refractivity contribution in [2.45, 2.75) is 6.92 Å². The average Bonchev–Trinajstić information content (AvgIpc) is 2.81. The van der Waals surface area contributed by atoms with Crippen LogP contribution >= 0.6 is 0 Å². The summed E-state index contributed by atoms with van der Waals surface area (Å²) >= 11 is 0. The van der Waals surface area contributed by atoms with Gasteiger partial charge in [-0.15, -0.1) is 0 Å². The van der Waals surface area contributed by atoms with E-state index in [0.29, 0.717) is 22.4 Å². The molecule has 0 bridgehead atoms. The van der Waals surface area contributed by atoms with Gasteiger partial charge in [0.25, 0.3) is 5.91 Å². The fourth-order valence-electron chi connectivity index (χ4n) is 2.43. The number of amides is 1. The van der Waals surface area contributed by atoms with Crippen molar-refractivity contribution in [3.63, 3.8) is 0 Å². The van der Waals surface area contributed by atoms with Gasteiger partial charge in [0.15, 0.2) is 5.82 Å². The van der Waals surface area contributed by atoms with E-state index in [4.69, 9.17) is 4.74 Å². The Labute approximate surface area is 143 Å². The smallest absolute Gasteiger partial charge is 0.326 e. The third kappa shape index (κ3) is 3.07. The molecule has 0 radical (unpaired) electrons. The summed E-state index contributed by atoms with van der Waals surface area (Å²) in [5.41, 5.74) is -0.208. The van der Waals surface area contributed by atoms with Crippen LogP contribution < -0.4 is 13.8 Å². The van der Waals surface area contributed by atoms with Crippen LogP contribution in [0, 0.1) is 5.82 Å². The minimum atomic E-state index is -4.25. The SMILES string of the molecule is CCOc1ccc(-c2ccc(O)c(N3CC(=O)NS3(=O)=O)c2F)cn1. The van der Waals surface area contributed by atoms with Crippen LogP contribution in [0.3, 0.4) is 0 Å². The Morgan fingerprint density at radius 2 is 2.12 bits per heavy atom. The van der Waals surface area contributed by atoms with Crippen LogP contribution in [0.25, 0.3) is 11.1 Å². The number of pyridine rings is 1. The topological polar surface area (TPSA) is 109 Å². The molecule has 2 heterocycles. The van der Waals surface area contributed by atoms with Crippen LogP contribution in [0.15, 0.2) is 30.5 Å². The lowest BCUT2D eigenvalue weighted by Gasteiger charge is -2.18. The van der Waals surface area contributed by atoms with Gasteiger partial charge in [0.2, 0.25) is 5.88 Å². The molecular weight excluding hydrogens is 353 g/mol. The Kier molecular flexibility index (Phi) is 4.21. The highest BCUT2D eigenvalue weighted by Gasteiger charge is 2.37. The molecule has 0 saturated carbocycles. The maximum absolute atomic E-state index is 14.9. The number of benzene rings is 1. The van der Waals surface area contributed by atoms with E-state index in [-0.39, 0.29) is 5.56 Å². The molecule has 2 aromatic rings. The number of nitrogens with one attached hydrogen (secondary N) is 1. The quantitative estimate of drug-likeness (QED) is 0.840. The van der Waals surface area contributed by atoms with Crippen LogP contribution in [0.2, 0.25) is 0 Å². The van der Waals surface area contributed by atoms with Crippen molar-refractivity contribution in [3.8, 4) is 22.8 Å². The first kappa shape index (κ1) is 17.0. The van der Waals surface area contributed by atoms with E-state index in [1.54, 1.807) is 23.8 Å². The highest BCUT2D eigenvalue weighted by Crippen LogP contribution is 2.38. The van der Waals surface area contributed by atoms with Crippen molar-refractivity contribution in [1.29, 1.82) is 0 Å². The van der Waals surface area contributed by atoms with E-state index in [1.165, 1.54) is 12.3 Å². The largest absolute Gasteiger partial charge is 0.506 e. The number of hydrogen-bond acceptors (Lipinski definition) is 6. The average molecular weight is 367 g/mol. The fraction of sp³-hybridized carbons (Fsp3) is 0.200. The van der Waals surface area contributed by atoms with Gasteiger partial charge in [0, 0.05) is 23.4 Å². The van der Waals surface area contributed by atoms with Crippen molar-refractivity contribution in [3.05, 3.63) is 36.3 Å². The van der Waals surface area contributed by atoms with Gasteiger partial charge >= 0.3 is 10.2 Å². The molecule has 0 spiro atoms. The van der Waals surface area contributed by atoms with Crippen LogP contribution in [0.1, 0.15) is 6.92 Å². The Balaban J connectivity index is 2.08. The van der Waals surface area contributed by atoms with Crippen LogP contribution in [0.4, 0.5) is 10.1 Å². The Bertz CT molecular complexity index is 931. The number of hydrogen-bond donors (Lipinski definition) is 2. The molecule has 1 aliphatic heterocycles. The van der Waals surface area contributed by atoms with Gasteiger partial charge in [-0.25, -0.2) is 18.4 Å². The van der Waals surface area contributed by atoms with Crippen molar-refractivity contribution in [1.82, 2.24) is 9.71 Å². The number of anilines is 1. The van der Waals surface area contributed by atoms with Crippen LogP contribution in [-0.2, 0) is 15.0 Å². The predicted octanol–water partition coefficient (Wildman–Crippen LogP) is 1.17. The lowest BCUT2D eigenvalue weighted by molar-refractivity contribution is -0.117. The molecule has 0 aliphatic carbocycles. The molecule has 8 nitrogen and oxygen atoms in total. The van der Waals surface area contributed by atoms with Gasteiger partial charge < -0.3 is 9.84 Å². The lowest BCUT2D eigenvalue weighted by atomic mass is 10.1. The summed E-state index contributed by atoms with van der Waals surface area (Å²) in [6.07, 6.45) is 1.37. The van der Waals surface area contributed by atoms with E-state index < -0.39 is 39.9 Å². The van der Waals surface area contributed by atoms with E-state index in [0.717, 1.165) is 6.07 Å². The van der Waals surface area contributed by atoms with E-state index in [1.807, 2.05) is 0 Å². The molecule has 3 rings (SSSR count). The van der Waals surface area contributed by atoms with Gasteiger partial charge in [-0.2, -0.15) is 8.42 Å². The minimum absolute atomic E-state index is 0.0258. The zero-order chi connectivity index (χ0) is 18.2. The van der Waals surface area contributed by atoms with Gasteiger partial charge in [-0.05, 0) is 25.1 Å². The van der Waals surface area contributed by atoms with Gasteiger partial charge in [0.1, 0.15) is 18.0 Å². The molecule has 1 aromatic heterocycles. The summed E-state index contributed by atoms with van der Waals surface area (Å²) in [6, 6.07) is 5.55. The van der Waals surface area contributed by atoms with E-state index >= 15 is 0 Å². The maximum atomic E-state index is 14.9. The summed E-state index contributed by atoms with van der Waals surface area (Å²) in [6.45, 7) is 1.61. The number of phenols is 1.